The Balaban J connectivity index is 1.74. The molecule has 0 radical (unpaired) electrons. The zero-order valence-corrected chi connectivity index (χ0v) is 12.5. The molecule has 0 bridgehead atoms. The molecule has 110 valence electrons. The molecule has 2 aromatic rings. The first-order chi connectivity index (χ1) is 10.1. The van der Waals surface area contributed by atoms with Crippen LogP contribution in [0.25, 0.3) is 0 Å². The number of carbonyl (C=O) groups excluding carboxylic acids is 1. The molecule has 1 aliphatic heterocycles. The van der Waals surface area contributed by atoms with Gasteiger partial charge in [0, 0.05) is 24.2 Å². The standard InChI is InChI=1S/C15H16ClN3O2/c1-11(21-13-5-2-4-12(16)10-13)15(20)18-8-3-9-19-14(18)6-7-17-19/h2,4-7,10-11H,3,8-9H2,1H3/t11-/m1/s1. The van der Waals surface area contributed by atoms with Crippen LogP contribution in [-0.2, 0) is 11.3 Å². The maximum absolute atomic E-state index is 12.6. The van der Waals surface area contributed by atoms with Gasteiger partial charge in [-0.25, -0.2) is 4.68 Å². The largest absolute Gasteiger partial charge is 0.481 e. The van der Waals surface area contributed by atoms with E-state index in [2.05, 4.69) is 5.10 Å². The highest BCUT2D eigenvalue weighted by Gasteiger charge is 2.27. The fraction of sp³-hybridized carbons (Fsp3) is 0.333. The first kappa shape index (κ1) is 13.9. The molecule has 1 amide bonds. The second-order valence-corrected chi connectivity index (χ2v) is 5.41. The lowest BCUT2D eigenvalue weighted by atomic mass is 10.2. The number of aryl methyl sites for hydroxylation is 1. The number of hydrogen-bond donors (Lipinski definition) is 0. The zero-order chi connectivity index (χ0) is 14.8. The number of carbonyl (C=O) groups is 1. The van der Waals surface area contributed by atoms with E-state index in [0.717, 1.165) is 18.8 Å². The van der Waals surface area contributed by atoms with Crippen LogP contribution in [0.5, 0.6) is 5.75 Å². The zero-order valence-electron chi connectivity index (χ0n) is 11.7. The molecular weight excluding hydrogens is 290 g/mol. The van der Waals surface area contributed by atoms with Crippen molar-refractivity contribution in [3.63, 3.8) is 0 Å². The first-order valence-corrected chi connectivity index (χ1v) is 7.28. The number of rotatable bonds is 3. The fourth-order valence-electron chi connectivity index (χ4n) is 2.46. The van der Waals surface area contributed by atoms with Gasteiger partial charge in [-0.3, -0.25) is 9.69 Å². The molecule has 0 saturated heterocycles. The molecule has 1 atom stereocenters. The number of fused-ring (bicyclic) bond motifs is 1. The van der Waals surface area contributed by atoms with Gasteiger partial charge in [0.2, 0.25) is 0 Å². The Hall–Kier alpha value is -2.01. The smallest absolute Gasteiger partial charge is 0.268 e. The molecule has 6 heteroatoms. The lowest BCUT2D eigenvalue weighted by Gasteiger charge is -2.29. The van der Waals surface area contributed by atoms with Crippen LogP contribution in [0.2, 0.25) is 5.02 Å². The van der Waals surface area contributed by atoms with Gasteiger partial charge in [0.05, 0.1) is 6.20 Å². The third kappa shape index (κ3) is 2.88. The molecule has 2 heterocycles. The summed E-state index contributed by atoms with van der Waals surface area (Å²) in [4.78, 5) is 14.3. The number of nitrogens with zero attached hydrogens (tertiary/aromatic N) is 3. The van der Waals surface area contributed by atoms with E-state index >= 15 is 0 Å². The second-order valence-electron chi connectivity index (χ2n) is 4.97. The SMILES string of the molecule is C[C@@H](Oc1cccc(Cl)c1)C(=O)N1CCCn2nccc21. The highest BCUT2D eigenvalue weighted by atomic mass is 35.5. The third-order valence-electron chi connectivity index (χ3n) is 3.45. The summed E-state index contributed by atoms with van der Waals surface area (Å²) in [6.45, 7) is 3.28. The van der Waals surface area contributed by atoms with Gasteiger partial charge in [-0.05, 0) is 31.5 Å². The predicted molar refractivity (Wildman–Crippen MR) is 80.7 cm³/mol. The maximum atomic E-state index is 12.6. The van der Waals surface area contributed by atoms with E-state index in [0.29, 0.717) is 17.3 Å². The summed E-state index contributed by atoms with van der Waals surface area (Å²) in [7, 11) is 0. The highest BCUT2D eigenvalue weighted by Crippen LogP contribution is 2.23. The van der Waals surface area contributed by atoms with Gasteiger partial charge < -0.3 is 4.74 Å². The molecule has 0 N–H and O–H groups in total. The molecule has 21 heavy (non-hydrogen) atoms. The molecule has 0 unspecified atom stereocenters. The van der Waals surface area contributed by atoms with Crippen molar-refractivity contribution in [1.82, 2.24) is 9.78 Å². The fourth-order valence-corrected chi connectivity index (χ4v) is 2.64. The molecule has 0 spiro atoms. The molecule has 0 aliphatic carbocycles. The summed E-state index contributed by atoms with van der Waals surface area (Å²) in [6, 6.07) is 8.90. The number of ether oxygens (including phenoxy) is 1. The normalized spacial score (nSPS) is 15.4. The van der Waals surface area contributed by atoms with Crippen LogP contribution in [0.3, 0.4) is 0 Å². The van der Waals surface area contributed by atoms with Crippen LogP contribution in [-0.4, -0.2) is 28.3 Å². The summed E-state index contributed by atoms with van der Waals surface area (Å²) in [5.41, 5.74) is 0. The van der Waals surface area contributed by atoms with E-state index in [4.69, 9.17) is 16.3 Å². The van der Waals surface area contributed by atoms with Crippen molar-refractivity contribution in [2.45, 2.75) is 26.0 Å². The Morgan fingerprint density at radius 2 is 2.24 bits per heavy atom. The van der Waals surface area contributed by atoms with Gasteiger partial charge in [0.25, 0.3) is 5.91 Å². The van der Waals surface area contributed by atoms with Crippen LogP contribution in [0.15, 0.2) is 36.5 Å². The van der Waals surface area contributed by atoms with Crippen molar-refractivity contribution >= 4 is 23.3 Å². The molecule has 1 aromatic heterocycles. The van der Waals surface area contributed by atoms with Crippen LogP contribution in [0.1, 0.15) is 13.3 Å². The Morgan fingerprint density at radius 3 is 3.05 bits per heavy atom. The topological polar surface area (TPSA) is 47.4 Å². The molecular formula is C15H16ClN3O2. The summed E-state index contributed by atoms with van der Waals surface area (Å²) >= 11 is 5.92. The number of amides is 1. The molecule has 5 nitrogen and oxygen atoms in total. The van der Waals surface area contributed by atoms with Gasteiger partial charge >= 0.3 is 0 Å². The maximum Gasteiger partial charge on any atom is 0.268 e. The van der Waals surface area contributed by atoms with E-state index in [1.807, 2.05) is 10.7 Å². The van der Waals surface area contributed by atoms with Gasteiger partial charge in [0.15, 0.2) is 6.10 Å². The van der Waals surface area contributed by atoms with Crippen molar-refractivity contribution in [3.05, 3.63) is 41.6 Å². The third-order valence-corrected chi connectivity index (χ3v) is 3.68. The highest BCUT2D eigenvalue weighted by molar-refractivity contribution is 6.30. The van der Waals surface area contributed by atoms with E-state index in [9.17, 15) is 4.79 Å². The quantitative estimate of drug-likeness (QED) is 0.876. The molecule has 1 aromatic carbocycles. The Bertz CT molecular complexity index is 656. The van der Waals surface area contributed by atoms with Crippen molar-refractivity contribution in [1.29, 1.82) is 0 Å². The van der Waals surface area contributed by atoms with Gasteiger partial charge in [-0.15, -0.1) is 0 Å². The van der Waals surface area contributed by atoms with Crippen LogP contribution in [0, 0.1) is 0 Å². The van der Waals surface area contributed by atoms with E-state index in [-0.39, 0.29) is 5.91 Å². The first-order valence-electron chi connectivity index (χ1n) is 6.90. The summed E-state index contributed by atoms with van der Waals surface area (Å²) in [6.07, 6.45) is 2.03. The minimum absolute atomic E-state index is 0.0728. The molecule has 3 rings (SSSR count). The monoisotopic (exact) mass is 305 g/mol. The van der Waals surface area contributed by atoms with Crippen molar-refractivity contribution in [3.8, 4) is 5.75 Å². The summed E-state index contributed by atoms with van der Waals surface area (Å²) in [5.74, 6) is 1.35. The second kappa shape index (κ2) is 5.77. The minimum Gasteiger partial charge on any atom is -0.481 e. The molecule has 1 aliphatic rings. The van der Waals surface area contributed by atoms with Gasteiger partial charge in [-0.2, -0.15) is 5.10 Å². The number of hydrogen-bond acceptors (Lipinski definition) is 3. The average Bonchev–Trinajstić information content (AvgIpc) is 2.94. The Morgan fingerprint density at radius 1 is 1.38 bits per heavy atom. The van der Waals surface area contributed by atoms with Crippen LogP contribution in [0.4, 0.5) is 5.82 Å². The lowest BCUT2D eigenvalue weighted by Crippen LogP contribution is -2.44. The molecule has 0 fully saturated rings. The number of aromatic nitrogens is 2. The van der Waals surface area contributed by atoms with Crippen LogP contribution < -0.4 is 9.64 Å². The van der Waals surface area contributed by atoms with Crippen molar-refractivity contribution in [2.75, 3.05) is 11.4 Å². The number of benzene rings is 1. The number of halogens is 1. The molecule has 0 saturated carbocycles. The van der Waals surface area contributed by atoms with Crippen molar-refractivity contribution in [2.24, 2.45) is 0 Å². The number of anilines is 1. The Labute approximate surface area is 128 Å². The van der Waals surface area contributed by atoms with Gasteiger partial charge in [0.1, 0.15) is 11.6 Å². The van der Waals surface area contributed by atoms with E-state index in [1.54, 1.807) is 42.3 Å². The van der Waals surface area contributed by atoms with Crippen LogP contribution >= 0.6 is 11.6 Å². The average molecular weight is 306 g/mol. The minimum atomic E-state index is -0.579. The van der Waals surface area contributed by atoms with Gasteiger partial charge in [-0.1, -0.05) is 17.7 Å². The van der Waals surface area contributed by atoms with Crippen molar-refractivity contribution < 1.29 is 9.53 Å². The van der Waals surface area contributed by atoms with E-state index in [1.165, 1.54) is 0 Å². The Kier molecular flexibility index (Phi) is 3.84. The predicted octanol–water partition coefficient (Wildman–Crippen LogP) is 2.74. The van der Waals surface area contributed by atoms with E-state index < -0.39 is 6.10 Å². The summed E-state index contributed by atoms with van der Waals surface area (Å²) in [5, 5.41) is 4.80. The summed E-state index contributed by atoms with van der Waals surface area (Å²) < 4.78 is 7.54. The lowest BCUT2D eigenvalue weighted by molar-refractivity contribution is -0.124.